The molecule has 1 saturated heterocycles. The van der Waals surface area contributed by atoms with Gasteiger partial charge in [-0.05, 0) is 89.0 Å². The molecule has 0 bridgehead atoms. The Labute approximate surface area is 286 Å². The summed E-state index contributed by atoms with van der Waals surface area (Å²) in [6.45, 7) is 7.87. The van der Waals surface area contributed by atoms with E-state index in [2.05, 4.69) is 53.4 Å². The van der Waals surface area contributed by atoms with E-state index in [1.54, 1.807) is 32.9 Å². The number of hydrogen-bond donors (Lipinski definition) is 0. The fraction of sp³-hybridized carbons (Fsp3) is 0.488. The Bertz CT molecular complexity index is 1420. The normalized spacial score (nSPS) is 17.2. The second-order valence-corrected chi connectivity index (χ2v) is 13.9. The highest BCUT2D eigenvalue weighted by Gasteiger charge is 2.35. The van der Waals surface area contributed by atoms with Crippen molar-refractivity contribution in [2.24, 2.45) is 0 Å². The van der Waals surface area contributed by atoms with Crippen LogP contribution in [0.3, 0.4) is 0 Å². The molecule has 1 aliphatic carbocycles. The molecule has 2 fully saturated rings. The summed E-state index contributed by atoms with van der Waals surface area (Å²) in [6.07, 6.45) is 7.22. The molecular formula is C41H51NO6. The molecule has 2 aliphatic rings. The smallest absolute Gasteiger partial charge is 0.347 e. The predicted octanol–water partition coefficient (Wildman–Crippen LogP) is 8.01. The number of piperidine rings is 1. The maximum absolute atomic E-state index is 13.1. The van der Waals surface area contributed by atoms with Gasteiger partial charge in [0.25, 0.3) is 0 Å². The van der Waals surface area contributed by atoms with E-state index in [0.29, 0.717) is 12.0 Å². The van der Waals surface area contributed by atoms with Gasteiger partial charge in [0, 0.05) is 25.1 Å². The molecule has 0 spiro atoms. The fourth-order valence-corrected chi connectivity index (χ4v) is 6.66. The van der Waals surface area contributed by atoms with Gasteiger partial charge in [0.1, 0.15) is 12.2 Å². The molecule has 1 saturated carbocycles. The molecule has 48 heavy (non-hydrogen) atoms. The molecule has 3 aromatic carbocycles. The van der Waals surface area contributed by atoms with Gasteiger partial charge in [0.15, 0.2) is 11.9 Å². The number of likely N-dealkylation sites (tertiary alicyclic amines) is 1. The third kappa shape index (κ3) is 9.64. The van der Waals surface area contributed by atoms with E-state index in [-0.39, 0.29) is 24.1 Å². The molecule has 7 heteroatoms. The molecule has 1 unspecified atom stereocenters. The summed E-state index contributed by atoms with van der Waals surface area (Å²) in [6, 6.07) is 28.0. The number of rotatable bonds is 14. The molecule has 0 amide bonds. The maximum Gasteiger partial charge on any atom is 0.347 e. The lowest BCUT2D eigenvalue weighted by Gasteiger charge is -2.34. The summed E-state index contributed by atoms with van der Waals surface area (Å²) in [7, 11) is 0. The van der Waals surface area contributed by atoms with E-state index >= 15 is 0 Å². The van der Waals surface area contributed by atoms with Crippen LogP contribution in [0.25, 0.3) is 0 Å². The Morgan fingerprint density at radius 2 is 1.35 bits per heavy atom. The lowest BCUT2D eigenvalue weighted by atomic mass is 9.84. The first-order valence-electron chi connectivity index (χ1n) is 17.7. The van der Waals surface area contributed by atoms with Gasteiger partial charge >= 0.3 is 11.9 Å². The SMILES string of the molecule is CC(OC(=O)C(C)(C)c1ccc(C(=O)CCCN2CCC(OC(c3ccccc3)c3ccccc3)CC2)cc1)C(=O)OC1CCCCC1. The van der Waals surface area contributed by atoms with Crippen molar-refractivity contribution in [3.8, 4) is 0 Å². The molecule has 0 radical (unpaired) electrons. The summed E-state index contributed by atoms with van der Waals surface area (Å²) in [5.41, 5.74) is 2.71. The molecule has 256 valence electrons. The van der Waals surface area contributed by atoms with E-state index in [1.165, 1.54) is 17.5 Å². The highest BCUT2D eigenvalue weighted by Crippen LogP contribution is 2.31. The third-order valence-corrected chi connectivity index (χ3v) is 9.84. The van der Waals surface area contributed by atoms with E-state index < -0.39 is 23.5 Å². The molecule has 0 N–H and O–H groups in total. The van der Waals surface area contributed by atoms with Crippen molar-refractivity contribution < 1.29 is 28.6 Å². The zero-order chi connectivity index (χ0) is 33.9. The molecule has 0 aromatic heterocycles. The second kappa shape index (κ2) is 17.0. The molecule has 1 heterocycles. The summed E-state index contributed by atoms with van der Waals surface area (Å²) in [5.74, 6) is -0.906. The number of hydrogen-bond acceptors (Lipinski definition) is 7. The van der Waals surface area contributed by atoms with Gasteiger partial charge in [-0.15, -0.1) is 0 Å². The average molecular weight is 654 g/mol. The number of benzene rings is 3. The van der Waals surface area contributed by atoms with E-state index in [1.807, 2.05) is 24.3 Å². The Balaban J connectivity index is 1.04. The largest absolute Gasteiger partial charge is 0.460 e. The molecule has 1 aliphatic heterocycles. The minimum atomic E-state index is -0.987. The van der Waals surface area contributed by atoms with Crippen LogP contribution in [0.15, 0.2) is 84.9 Å². The van der Waals surface area contributed by atoms with Crippen LogP contribution in [0, 0.1) is 0 Å². The second-order valence-electron chi connectivity index (χ2n) is 13.9. The lowest BCUT2D eigenvalue weighted by molar-refractivity contribution is -0.173. The quantitative estimate of drug-likeness (QED) is 0.129. The van der Waals surface area contributed by atoms with Crippen molar-refractivity contribution in [2.45, 2.75) is 108 Å². The van der Waals surface area contributed by atoms with Crippen LogP contribution in [0.5, 0.6) is 0 Å². The number of carbonyl (C=O) groups is 3. The van der Waals surface area contributed by atoms with Crippen LogP contribution >= 0.6 is 0 Å². The summed E-state index contributed by atoms with van der Waals surface area (Å²) in [4.78, 5) is 41.1. The first-order valence-corrected chi connectivity index (χ1v) is 17.7. The van der Waals surface area contributed by atoms with E-state index in [0.717, 1.165) is 70.1 Å². The van der Waals surface area contributed by atoms with Crippen molar-refractivity contribution in [3.05, 3.63) is 107 Å². The molecule has 7 nitrogen and oxygen atoms in total. The highest BCUT2D eigenvalue weighted by atomic mass is 16.6. The van der Waals surface area contributed by atoms with Crippen LogP contribution < -0.4 is 0 Å². The predicted molar refractivity (Wildman–Crippen MR) is 187 cm³/mol. The van der Waals surface area contributed by atoms with Gasteiger partial charge in [-0.3, -0.25) is 9.59 Å². The zero-order valence-electron chi connectivity index (χ0n) is 28.8. The first-order chi connectivity index (χ1) is 23.2. The zero-order valence-corrected chi connectivity index (χ0v) is 28.8. The van der Waals surface area contributed by atoms with Gasteiger partial charge in [-0.25, -0.2) is 4.79 Å². The van der Waals surface area contributed by atoms with E-state index in [4.69, 9.17) is 14.2 Å². The van der Waals surface area contributed by atoms with Crippen molar-refractivity contribution >= 4 is 17.7 Å². The van der Waals surface area contributed by atoms with Crippen molar-refractivity contribution in [2.75, 3.05) is 19.6 Å². The first kappa shape index (κ1) is 35.5. The Morgan fingerprint density at radius 3 is 1.94 bits per heavy atom. The van der Waals surface area contributed by atoms with Gasteiger partial charge in [-0.2, -0.15) is 0 Å². The van der Waals surface area contributed by atoms with Crippen LogP contribution in [0.1, 0.15) is 112 Å². The van der Waals surface area contributed by atoms with Gasteiger partial charge < -0.3 is 19.1 Å². The fourth-order valence-electron chi connectivity index (χ4n) is 6.66. The standard InChI is InChI=1S/C41H51NO6/c1-30(39(44)48-35-18-11-6-12-19-35)46-40(45)41(2,3)34-23-21-31(22-24-34)37(43)20-13-27-42-28-25-36(26-29-42)47-38(32-14-7-4-8-15-32)33-16-9-5-10-17-33/h4-5,7-10,14-17,21-24,30,35-36,38H,6,11-13,18-20,25-29H2,1-3H3. The average Bonchev–Trinajstić information content (AvgIpc) is 3.12. The monoisotopic (exact) mass is 653 g/mol. The number of carbonyl (C=O) groups excluding carboxylic acids is 3. The Hall–Kier alpha value is -3.81. The van der Waals surface area contributed by atoms with Gasteiger partial charge in [0.2, 0.25) is 0 Å². The number of Topliss-reactive ketones (excluding diaryl/α,β-unsaturated/α-hetero) is 1. The minimum Gasteiger partial charge on any atom is -0.460 e. The van der Waals surface area contributed by atoms with Crippen molar-refractivity contribution in [3.63, 3.8) is 0 Å². The lowest BCUT2D eigenvalue weighted by Crippen LogP contribution is -2.38. The van der Waals surface area contributed by atoms with Crippen LogP contribution in [0.2, 0.25) is 0 Å². The third-order valence-electron chi connectivity index (χ3n) is 9.84. The van der Waals surface area contributed by atoms with Crippen LogP contribution in [-0.2, 0) is 29.2 Å². The van der Waals surface area contributed by atoms with Crippen LogP contribution in [0.4, 0.5) is 0 Å². The summed E-state index contributed by atoms with van der Waals surface area (Å²) in [5, 5.41) is 0. The molecule has 1 atom stereocenters. The number of nitrogens with zero attached hydrogens (tertiary/aromatic N) is 1. The van der Waals surface area contributed by atoms with Crippen molar-refractivity contribution in [1.82, 2.24) is 4.90 Å². The highest BCUT2D eigenvalue weighted by molar-refractivity contribution is 5.96. The summed E-state index contributed by atoms with van der Waals surface area (Å²) >= 11 is 0. The molecule has 3 aromatic rings. The maximum atomic E-state index is 13.1. The number of ether oxygens (including phenoxy) is 3. The van der Waals surface area contributed by atoms with Gasteiger partial charge in [-0.1, -0.05) is 91.3 Å². The Kier molecular flexibility index (Phi) is 12.6. The number of esters is 2. The minimum absolute atomic E-state index is 0.0810. The molecule has 5 rings (SSSR count). The Morgan fingerprint density at radius 1 is 0.771 bits per heavy atom. The molecular weight excluding hydrogens is 602 g/mol. The topological polar surface area (TPSA) is 82.1 Å². The number of ketones is 1. The van der Waals surface area contributed by atoms with Gasteiger partial charge in [0.05, 0.1) is 11.5 Å². The van der Waals surface area contributed by atoms with Crippen LogP contribution in [-0.4, -0.2) is 60.6 Å². The van der Waals surface area contributed by atoms with E-state index in [9.17, 15) is 14.4 Å². The van der Waals surface area contributed by atoms with Crippen molar-refractivity contribution in [1.29, 1.82) is 0 Å². The summed E-state index contributed by atoms with van der Waals surface area (Å²) < 4.78 is 17.8.